The Hall–Kier alpha value is -0.870. The molecule has 0 aliphatic rings. The molecule has 4 heteroatoms. The van der Waals surface area contributed by atoms with E-state index in [9.17, 15) is 4.79 Å². The molecule has 16 heavy (non-hydrogen) atoms. The normalized spacial score (nSPS) is 10.8. The summed E-state index contributed by atoms with van der Waals surface area (Å²) >= 11 is 1.65. The van der Waals surface area contributed by atoms with Crippen LogP contribution in [0.2, 0.25) is 0 Å². The van der Waals surface area contributed by atoms with Crippen molar-refractivity contribution >= 4 is 17.2 Å². The van der Waals surface area contributed by atoms with E-state index in [1.807, 2.05) is 19.5 Å². The van der Waals surface area contributed by atoms with Crippen molar-refractivity contribution in [1.29, 1.82) is 0 Å². The fraction of sp³-hybridized carbons (Fsp3) is 0.583. The molecule has 1 N–H and O–H groups in total. The predicted octanol–water partition coefficient (Wildman–Crippen LogP) is 1.91. The van der Waals surface area contributed by atoms with Gasteiger partial charge in [0.2, 0.25) is 0 Å². The largest absolute Gasteiger partial charge is 0.351 e. The summed E-state index contributed by atoms with van der Waals surface area (Å²) in [6, 6.07) is 0. The van der Waals surface area contributed by atoms with Crippen LogP contribution in [0.4, 0.5) is 0 Å². The van der Waals surface area contributed by atoms with Gasteiger partial charge in [0.1, 0.15) is 0 Å². The van der Waals surface area contributed by atoms with Crippen LogP contribution in [0.1, 0.15) is 27.7 Å². The first kappa shape index (κ1) is 13.2. The van der Waals surface area contributed by atoms with Gasteiger partial charge in [-0.15, -0.1) is 11.3 Å². The number of nitrogens with one attached hydrogen (secondary N) is 1. The first-order valence-electron chi connectivity index (χ1n) is 5.56. The molecule has 1 aromatic heterocycles. The molecule has 90 valence electrons. The molecule has 0 aliphatic carbocycles. The van der Waals surface area contributed by atoms with Crippen LogP contribution >= 0.6 is 11.3 Å². The van der Waals surface area contributed by atoms with Gasteiger partial charge in [-0.05, 0) is 33.0 Å². The Morgan fingerprint density at radius 1 is 1.50 bits per heavy atom. The minimum Gasteiger partial charge on any atom is -0.351 e. The highest BCUT2D eigenvalue weighted by Crippen LogP contribution is 2.21. The van der Waals surface area contributed by atoms with E-state index in [1.54, 1.807) is 11.3 Å². The van der Waals surface area contributed by atoms with E-state index in [0.29, 0.717) is 6.54 Å². The fourth-order valence-corrected chi connectivity index (χ4v) is 2.54. The Labute approximate surface area is 101 Å². The highest BCUT2D eigenvalue weighted by atomic mass is 32.1. The molecular weight excluding hydrogens is 220 g/mol. The van der Waals surface area contributed by atoms with Gasteiger partial charge >= 0.3 is 0 Å². The number of aryl methyl sites for hydroxylation is 1. The monoisotopic (exact) mass is 240 g/mol. The van der Waals surface area contributed by atoms with Crippen LogP contribution in [0, 0.1) is 6.92 Å². The Morgan fingerprint density at radius 3 is 2.75 bits per heavy atom. The molecule has 0 atom stereocenters. The molecule has 0 aliphatic heterocycles. The number of carbonyl (C=O) groups is 1. The number of nitrogens with zero attached hydrogens (tertiary/aromatic N) is 1. The van der Waals surface area contributed by atoms with Crippen LogP contribution in [0.25, 0.3) is 0 Å². The molecule has 1 amide bonds. The molecule has 0 saturated carbocycles. The van der Waals surface area contributed by atoms with Gasteiger partial charge in [-0.1, -0.05) is 6.92 Å². The number of likely N-dealkylation sites (N-methyl/N-ethyl adjacent to an activating group) is 1. The zero-order valence-corrected chi connectivity index (χ0v) is 11.3. The molecule has 0 bridgehead atoms. The number of rotatable bonds is 5. The lowest BCUT2D eigenvalue weighted by Gasteiger charge is -2.10. The summed E-state index contributed by atoms with van der Waals surface area (Å²) in [6.45, 7) is 5.73. The molecule has 1 heterocycles. The Balaban J connectivity index is 2.59. The molecule has 0 radical (unpaired) electrons. The highest BCUT2D eigenvalue weighted by molar-refractivity contribution is 7.10. The second-order valence-electron chi connectivity index (χ2n) is 4.10. The minimum absolute atomic E-state index is 0.0584. The maximum absolute atomic E-state index is 11.9. The molecule has 1 rings (SSSR count). The lowest BCUT2D eigenvalue weighted by molar-refractivity contribution is 0.0950. The first-order valence-corrected chi connectivity index (χ1v) is 6.44. The standard InChI is InChI=1S/C12H20N2OS/c1-5-10-9(2)16-8-11(10)12(15)13-6-7-14(3)4/h8H,5-7H2,1-4H3,(H,13,15). The summed E-state index contributed by atoms with van der Waals surface area (Å²) in [5.41, 5.74) is 2.04. The van der Waals surface area contributed by atoms with Gasteiger partial charge in [0.15, 0.2) is 0 Å². The summed E-state index contributed by atoms with van der Waals surface area (Å²) in [5.74, 6) is 0.0584. The van der Waals surface area contributed by atoms with Crippen LogP contribution < -0.4 is 5.32 Å². The maximum Gasteiger partial charge on any atom is 0.252 e. The molecule has 0 unspecified atom stereocenters. The third-order valence-corrected chi connectivity index (χ3v) is 3.50. The molecular formula is C12H20N2OS. The summed E-state index contributed by atoms with van der Waals surface area (Å²) in [4.78, 5) is 15.2. The van der Waals surface area contributed by atoms with Crippen LogP contribution in [0.15, 0.2) is 5.38 Å². The first-order chi connectivity index (χ1) is 7.56. The van der Waals surface area contributed by atoms with Crippen LogP contribution in [0.5, 0.6) is 0 Å². The second kappa shape index (κ2) is 6.01. The van der Waals surface area contributed by atoms with Crippen molar-refractivity contribution in [2.75, 3.05) is 27.2 Å². The number of hydrogen-bond donors (Lipinski definition) is 1. The van der Waals surface area contributed by atoms with Crippen molar-refractivity contribution in [2.24, 2.45) is 0 Å². The zero-order valence-electron chi connectivity index (χ0n) is 10.5. The van der Waals surface area contributed by atoms with E-state index in [-0.39, 0.29) is 5.91 Å². The number of carbonyl (C=O) groups excluding carboxylic acids is 1. The van der Waals surface area contributed by atoms with Gasteiger partial charge in [0.05, 0.1) is 5.56 Å². The maximum atomic E-state index is 11.9. The average Bonchev–Trinajstić information content (AvgIpc) is 2.58. The van der Waals surface area contributed by atoms with Crippen molar-refractivity contribution in [3.8, 4) is 0 Å². The molecule has 0 fully saturated rings. The van der Waals surface area contributed by atoms with E-state index >= 15 is 0 Å². The second-order valence-corrected chi connectivity index (χ2v) is 5.18. The lowest BCUT2D eigenvalue weighted by atomic mass is 10.1. The van der Waals surface area contributed by atoms with Crippen LogP contribution in [-0.2, 0) is 6.42 Å². The summed E-state index contributed by atoms with van der Waals surface area (Å²) in [5, 5.41) is 4.90. The highest BCUT2D eigenvalue weighted by Gasteiger charge is 2.13. The van der Waals surface area contributed by atoms with Crippen molar-refractivity contribution < 1.29 is 4.79 Å². The Bertz CT molecular complexity index is 358. The molecule has 0 spiro atoms. The van der Waals surface area contributed by atoms with E-state index in [4.69, 9.17) is 0 Å². The van der Waals surface area contributed by atoms with Gasteiger partial charge in [0.25, 0.3) is 5.91 Å². The molecule has 1 aromatic rings. The SMILES string of the molecule is CCc1c(C(=O)NCCN(C)C)csc1C. The van der Waals surface area contributed by atoms with Crippen LogP contribution in [-0.4, -0.2) is 38.0 Å². The van der Waals surface area contributed by atoms with Gasteiger partial charge in [-0.2, -0.15) is 0 Å². The Kier molecular flexibility index (Phi) is 4.96. The van der Waals surface area contributed by atoms with Crippen molar-refractivity contribution in [3.05, 3.63) is 21.4 Å². The third kappa shape index (κ3) is 3.32. The fourth-order valence-electron chi connectivity index (χ4n) is 1.60. The van der Waals surface area contributed by atoms with Gasteiger partial charge < -0.3 is 10.2 Å². The van der Waals surface area contributed by atoms with E-state index in [1.165, 1.54) is 10.4 Å². The Morgan fingerprint density at radius 2 is 2.19 bits per heavy atom. The van der Waals surface area contributed by atoms with Gasteiger partial charge in [0, 0.05) is 23.3 Å². The summed E-state index contributed by atoms with van der Waals surface area (Å²) in [7, 11) is 4.00. The average molecular weight is 240 g/mol. The van der Waals surface area contributed by atoms with Crippen molar-refractivity contribution in [2.45, 2.75) is 20.3 Å². The summed E-state index contributed by atoms with van der Waals surface area (Å²) in [6.07, 6.45) is 0.922. The molecule has 3 nitrogen and oxygen atoms in total. The van der Waals surface area contributed by atoms with E-state index < -0.39 is 0 Å². The van der Waals surface area contributed by atoms with E-state index in [2.05, 4.69) is 24.1 Å². The van der Waals surface area contributed by atoms with Gasteiger partial charge in [-0.25, -0.2) is 0 Å². The van der Waals surface area contributed by atoms with Crippen molar-refractivity contribution in [3.63, 3.8) is 0 Å². The third-order valence-electron chi connectivity index (χ3n) is 2.55. The predicted molar refractivity (Wildman–Crippen MR) is 69.3 cm³/mol. The molecule has 0 aromatic carbocycles. The minimum atomic E-state index is 0.0584. The number of amides is 1. The van der Waals surface area contributed by atoms with Crippen LogP contribution in [0.3, 0.4) is 0 Å². The van der Waals surface area contributed by atoms with Crippen molar-refractivity contribution in [1.82, 2.24) is 10.2 Å². The lowest BCUT2D eigenvalue weighted by Crippen LogP contribution is -2.31. The van der Waals surface area contributed by atoms with Gasteiger partial charge in [-0.3, -0.25) is 4.79 Å². The number of thiophene rings is 1. The molecule has 0 saturated heterocycles. The summed E-state index contributed by atoms with van der Waals surface area (Å²) < 4.78 is 0. The number of hydrogen-bond acceptors (Lipinski definition) is 3. The smallest absolute Gasteiger partial charge is 0.252 e. The zero-order chi connectivity index (χ0) is 12.1. The topological polar surface area (TPSA) is 32.3 Å². The van der Waals surface area contributed by atoms with E-state index in [0.717, 1.165) is 18.5 Å². The quantitative estimate of drug-likeness (QED) is 0.852.